The summed E-state index contributed by atoms with van der Waals surface area (Å²) < 4.78 is 25.5. The van der Waals surface area contributed by atoms with Crippen LogP contribution in [0.1, 0.15) is 37.3 Å². The number of nitrogens with two attached hydrogens (primary N) is 2. The van der Waals surface area contributed by atoms with Crippen molar-refractivity contribution in [2.75, 3.05) is 50.2 Å². The van der Waals surface area contributed by atoms with Crippen molar-refractivity contribution >= 4 is 28.8 Å². The molecule has 240 valence electrons. The first kappa shape index (κ1) is 30.8. The number of methoxy groups -OCH3 is 1. The molecule has 6 N–H and O–H groups in total. The molecular formula is C32H41FN8O4. The molecule has 4 heterocycles. The van der Waals surface area contributed by atoms with Crippen LogP contribution in [-0.2, 0) is 14.4 Å². The molecule has 45 heavy (non-hydrogen) atoms. The number of anilines is 2. The van der Waals surface area contributed by atoms with Gasteiger partial charge in [0.1, 0.15) is 28.9 Å². The molecule has 4 fully saturated rings. The number of nitrogens with one attached hydrogen (secondary N) is 2. The topological polar surface area (TPSA) is 143 Å². The van der Waals surface area contributed by atoms with Gasteiger partial charge in [-0.05, 0) is 49.1 Å². The molecule has 12 nitrogen and oxygen atoms in total. The molecule has 2 aromatic rings. The highest BCUT2D eigenvalue weighted by Gasteiger charge is 2.42. The van der Waals surface area contributed by atoms with Crippen LogP contribution >= 0.6 is 0 Å². The second kappa shape index (κ2) is 13.4. The Bertz CT molecular complexity index is 1480. The second-order valence-electron chi connectivity index (χ2n) is 11.7. The Morgan fingerprint density at radius 3 is 2.69 bits per heavy atom. The van der Waals surface area contributed by atoms with Crippen molar-refractivity contribution in [2.24, 2.45) is 16.6 Å². The minimum Gasteiger partial charge on any atom is -0.494 e. The first-order valence-corrected chi connectivity index (χ1v) is 15.3. The third-order valence-corrected chi connectivity index (χ3v) is 9.02. The maximum absolute atomic E-state index is 13.9. The van der Waals surface area contributed by atoms with E-state index in [1.165, 1.54) is 24.3 Å². The molecule has 2 bridgehead atoms. The lowest BCUT2D eigenvalue weighted by molar-refractivity contribution is -0.111. The Balaban J connectivity index is 1.24. The number of ether oxygens (including phenoxy) is 2. The van der Waals surface area contributed by atoms with Gasteiger partial charge < -0.3 is 30.8 Å². The number of hydrazine groups is 1. The summed E-state index contributed by atoms with van der Waals surface area (Å²) in [5, 5.41) is 4.50. The van der Waals surface area contributed by atoms with Gasteiger partial charge in [-0.1, -0.05) is 18.7 Å². The lowest BCUT2D eigenvalue weighted by Gasteiger charge is -2.41. The molecule has 3 atom stereocenters. The molecule has 0 aromatic heterocycles. The van der Waals surface area contributed by atoms with Gasteiger partial charge in [-0.25, -0.2) is 20.3 Å². The standard InChI is InChI=1S/C32H41FN8O4/c1-3-32(42)37-25-15-26(36-30(34)17-31(38-35)41-27(9-12-45-41)20-5-4-6-21(33)13-20)29(43-2)16-28(25)39-10-7-22(8-11-39)40-18-24-14-23(40)19-44-24/h3-6,13,15-17,22-24,27,38H,1,7-12,14,18-19,35H2,2H3,(H2,34,36)(H,37,42)/b31-17+/t23?,24?,27-/m1/s1. The van der Waals surface area contributed by atoms with Crippen molar-refractivity contribution in [3.8, 4) is 5.75 Å². The molecule has 6 rings (SSSR count). The quantitative estimate of drug-likeness (QED) is 0.103. The first-order chi connectivity index (χ1) is 21.9. The Labute approximate surface area is 262 Å². The zero-order chi connectivity index (χ0) is 31.5. The van der Waals surface area contributed by atoms with Crippen LogP contribution in [0.5, 0.6) is 5.75 Å². The molecule has 4 saturated heterocycles. The minimum atomic E-state index is -0.337. The van der Waals surface area contributed by atoms with Crippen LogP contribution in [0.15, 0.2) is 65.9 Å². The normalized spacial score (nSPS) is 24.3. The lowest BCUT2D eigenvalue weighted by atomic mass is 10.0. The van der Waals surface area contributed by atoms with E-state index in [1.807, 2.05) is 12.1 Å². The van der Waals surface area contributed by atoms with Crippen LogP contribution in [0.3, 0.4) is 0 Å². The molecular weight excluding hydrogens is 579 g/mol. The summed E-state index contributed by atoms with van der Waals surface area (Å²) in [6.45, 7) is 7.55. The average Bonchev–Trinajstić information content (AvgIpc) is 3.82. The number of aliphatic imine (C=N–C) groups is 1. The minimum absolute atomic E-state index is 0.105. The Morgan fingerprint density at radius 2 is 2.02 bits per heavy atom. The van der Waals surface area contributed by atoms with Gasteiger partial charge in [0.15, 0.2) is 0 Å². The van der Waals surface area contributed by atoms with Crippen molar-refractivity contribution in [2.45, 2.75) is 49.9 Å². The molecule has 2 aromatic carbocycles. The number of benzene rings is 2. The highest BCUT2D eigenvalue weighted by atomic mass is 19.1. The number of hydroxylamine groups is 2. The van der Waals surface area contributed by atoms with Crippen molar-refractivity contribution in [1.29, 1.82) is 0 Å². The fourth-order valence-corrected chi connectivity index (χ4v) is 6.87. The summed E-state index contributed by atoms with van der Waals surface area (Å²) >= 11 is 0. The number of halogens is 1. The number of likely N-dealkylation sites (tertiary alicyclic amines) is 1. The lowest BCUT2D eigenvalue weighted by Crippen LogP contribution is -2.49. The van der Waals surface area contributed by atoms with Crippen LogP contribution in [0.4, 0.5) is 21.5 Å². The van der Waals surface area contributed by atoms with E-state index in [4.69, 9.17) is 25.9 Å². The molecule has 4 aliphatic heterocycles. The molecule has 0 spiro atoms. The summed E-state index contributed by atoms with van der Waals surface area (Å²) in [6, 6.07) is 10.8. The van der Waals surface area contributed by atoms with E-state index in [1.54, 1.807) is 24.3 Å². The van der Waals surface area contributed by atoms with Crippen LogP contribution in [0, 0.1) is 5.82 Å². The van der Waals surface area contributed by atoms with E-state index in [2.05, 4.69) is 32.1 Å². The van der Waals surface area contributed by atoms with E-state index in [0.29, 0.717) is 54.2 Å². The van der Waals surface area contributed by atoms with Crippen LogP contribution in [0.25, 0.3) is 0 Å². The molecule has 0 aliphatic carbocycles. The Kier molecular flexibility index (Phi) is 9.21. The number of hydrogen-bond acceptors (Lipinski definition) is 10. The van der Waals surface area contributed by atoms with E-state index in [0.717, 1.165) is 56.8 Å². The molecule has 13 heteroatoms. The molecule has 4 aliphatic rings. The van der Waals surface area contributed by atoms with Gasteiger partial charge in [-0.3, -0.25) is 14.5 Å². The van der Waals surface area contributed by atoms with Gasteiger partial charge in [-0.15, -0.1) is 0 Å². The van der Waals surface area contributed by atoms with Gasteiger partial charge >= 0.3 is 0 Å². The molecule has 1 amide bonds. The number of piperidine rings is 1. The van der Waals surface area contributed by atoms with Crippen molar-refractivity contribution < 1.29 is 23.5 Å². The van der Waals surface area contributed by atoms with Gasteiger partial charge in [0.2, 0.25) is 5.91 Å². The second-order valence-corrected chi connectivity index (χ2v) is 11.7. The van der Waals surface area contributed by atoms with Gasteiger partial charge in [-0.2, -0.15) is 0 Å². The predicted octanol–water partition coefficient (Wildman–Crippen LogP) is 3.07. The van der Waals surface area contributed by atoms with E-state index in [9.17, 15) is 9.18 Å². The maximum atomic E-state index is 13.9. The zero-order valence-electron chi connectivity index (χ0n) is 25.5. The highest BCUT2D eigenvalue weighted by molar-refractivity contribution is 6.02. The monoisotopic (exact) mass is 620 g/mol. The van der Waals surface area contributed by atoms with Crippen LogP contribution < -0.4 is 32.0 Å². The fourth-order valence-electron chi connectivity index (χ4n) is 6.87. The van der Waals surface area contributed by atoms with Gasteiger partial charge in [0, 0.05) is 50.3 Å². The molecule has 2 unspecified atom stereocenters. The van der Waals surface area contributed by atoms with Crippen molar-refractivity contribution in [1.82, 2.24) is 15.4 Å². The summed E-state index contributed by atoms with van der Waals surface area (Å²) in [5.74, 6) is 6.14. The molecule has 0 saturated carbocycles. The highest BCUT2D eigenvalue weighted by Crippen LogP contribution is 2.41. The summed E-state index contributed by atoms with van der Waals surface area (Å²) in [5.41, 5.74) is 11.6. The molecule has 0 radical (unpaired) electrons. The number of nitrogens with zero attached hydrogens (tertiary/aromatic N) is 4. The number of carbonyl (C=O) groups is 1. The number of amidine groups is 1. The van der Waals surface area contributed by atoms with Gasteiger partial charge in [0.05, 0.1) is 43.8 Å². The third kappa shape index (κ3) is 6.61. The Morgan fingerprint density at radius 1 is 1.20 bits per heavy atom. The smallest absolute Gasteiger partial charge is 0.247 e. The zero-order valence-corrected chi connectivity index (χ0v) is 25.5. The number of rotatable bonds is 10. The SMILES string of the molecule is C=CC(=O)Nc1cc(N=C(N)/C=C(\NN)N2OCC[C@@H]2c2cccc(F)c2)c(OC)cc1N1CCC(N2CC3CC2CO3)CC1. The van der Waals surface area contributed by atoms with Crippen molar-refractivity contribution in [3.05, 3.63) is 72.3 Å². The summed E-state index contributed by atoms with van der Waals surface area (Å²) in [4.78, 5) is 27.8. The van der Waals surface area contributed by atoms with E-state index >= 15 is 0 Å². The number of carbonyl (C=O) groups excluding carboxylic acids is 1. The maximum Gasteiger partial charge on any atom is 0.247 e. The number of amides is 1. The van der Waals surface area contributed by atoms with Crippen LogP contribution in [-0.4, -0.2) is 79.9 Å². The number of hydrogen-bond donors (Lipinski definition) is 4. The Hall–Kier alpha value is -4.17. The number of morpholine rings is 1. The predicted molar refractivity (Wildman–Crippen MR) is 170 cm³/mol. The summed E-state index contributed by atoms with van der Waals surface area (Å²) in [7, 11) is 1.57. The third-order valence-electron chi connectivity index (χ3n) is 9.02. The number of fused-ring (bicyclic) bond motifs is 2. The summed E-state index contributed by atoms with van der Waals surface area (Å²) in [6.07, 6.45) is 6.94. The van der Waals surface area contributed by atoms with Crippen molar-refractivity contribution in [3.63, 3.8) is 0 Å². The fraction of sp³-hybridized carbons (Fsp3) is 0.438. The van der Waals surface area contributed by atoms with Gasteiger partial charge in [0.25, 0.3) is 0 Å². The average molecular weight is 621 g/mol. The van der Waals surface area contributed by atoms with E-state index < -0.39 is 0 Å². The first-order valence-electron chi connectivity index (χ1n) is 15.3. The van der Waals surface area contributed by atoms with E-state index in [-0.39, 0.29) is 23.6 Å². The largest absolute Gasteiger partial charge is 0.494 e. The van der Waals surface area contributed by atoms with Crippen LogP contribution in [0.2, 0.25) is 0 Å².